The fourth-order valence-corrected chi connectivity index (χ4v) is 4.27. The Morgan fingerprint density at radius 1 is 1.05 bits per heavy atom. The first-order chi connectivity index (χ1) is 18.5. The third-order valence-corrected chi connectivity index (χ3v) is 6.53. The van der Waals surface area contributed by atoms with E-state index in [1.807, 2.05) is 13.0 Å². The molecule has 0 bridgehead atoms. The molecule has 1 unspecified atom stereocenters. The van der Waals surface area contributed by atoms with Crippen molar-refractivity contribution in [2.45, 2.75) is 44.5 Å². The zero-order valence-electron chi connectivity index (χ0n) is 21.1. The van der Waals surface area contributed by atoms with E-state index in [0.717, 1.165) is 43.6 Å². The standard InChI is InChI=1S/C27H28F5N5O2/c1-17(19-9-12-33-13-10-19)39-23-15-18(8-14-34-23)16-36-24-22(3-2-11-35-24)25(38)37-21-6-4-20(5-7-21)26(28,29)27(30,31)32/h2-8,11,14-15,17,19,33H,9-10,12-13,16H2,1H3,(H,35,36)(H,37,38). The number of nitrogens with zero attached hydrogens (tertiary/aromatic N) is 2. The number of benzene rings is 1. The fraction of sp³-hybridized carbons (Fsp3) is 0.370. The molecule has 1 aliphatic heterocycles. The first-order valence-corrected chi connectivity index (χ1v) is 12.4. The third-order valence-electron chi connectivity index (χ3n) is 6.53. The van der Waals surface area contributed by atoms with Crippen molar-refractivity contribution in [2.24, 2.45) is 5.92 Å². The molecular formula is C27H28F5N5O2. The highest BCUT2D eigenvalue weighted by Crippen LogP contribution is 2.44. The van der Waals surface area contributed by atoms with Gasteiger partial charge in [-0.3, -0.25) is 4.79 Å². The SMILES string of the molecule is CC(Oc1cc(CNc2ncccc2C(=O)Nc2ccc(C(F)(F)C(F)(F)F)cc2)ccn1)C1CCNCC1. The molecule has 1 fully saturated rings. The molecule has 0 aliphatic carbocycles. The van der Waals surface area contributed by atoms with Gasteiger partial charge in [0.15, 0.2) is 0 Å². The minimum Gasteiger partial charge on any atom is -0.474 e. The molecule has 3 heterocycles. The lowest BCUT2D eigenvalue weighted by atomic mass is 9.93. The normalized spacial score (nSPS) is 15.4. The molecule has 12 heteroatoms. The van der Waals surface area contributed by atoms with E-state index in [1.54, 1.807) is 18.3 Å². The molecule has 1 amide bonds. The molecule has 0 spiro atoms. The van der Waals surface area contributed by atoms with Gasteiger partial charge in [-0.15, -0.1) is 0 Å². The Morgan fingerprint density at radius 3 is 2.46 bits per heavy atom. The Morgan fingerprint density at radius 2 is 1.77 bits per heavy atom. The lowest BCUT2D eigenvalue weighted by Crippen LogP contribution is -2.35. The van der Waals surface area contributed by atoms with Crippen LogP contribution in [0.5, 0.6) is 5.88 Å². The second kappa shape index (κ2) is 11.9. The average Bonchev–Trinajstić information content (AvgIpc) is 2.92. The lowest BCUT2D eigenvalue weighted by Gasteiger charge is -2.28. The van der Waals surface area contributed by atoms with Crippen LogP contribution in [0.3, 0.4) is 0 Å². The number of anilines is 2. The van der Waals surface area contributed by atoms with Gasteiger partial charge in [-0.1, -0.05) is 12.1 Å². The summed E-state index contributed by atoms with van der Waals surface area (Å²) in [5, 5.41) is 8.93. The summed E-state index contributed by atoms with van der Waals surface area (Å²) in [6.07, 6.45) is -0.494. The fourth-order valence-electron chi connectivity index (χ4n) is 4.27. The molecule has 0 saturated carbocycles. The molecule has 2 aromatic heterocycles. The van der Waals surface area contributed by atoms with Crippen LogP contribution in [0.4, 0.5) is 33.5 Å². The Bertz CT molecular complexity index is 1260. The van der Waals surface area contributed by atoms with Crippen molar-refractivity contribution in [1.82, 2.24) is 15.3 Å². The summed E-state index contributed by atoms with van der Waals surface area (Å²) in [6.45, 7) is 4.28. The minimum absolute atomic E-state index is 0.0163. The molecule has 1 aromatic carbocycles. The van der Waals surface area contributed by atoms with Crippen LogP contribution in [0.15, 0.2) is 60.9 Å². The van der Waals surface area contributed by atoms with Crippen molar-refractivity contribution < 1.29 is 31.5 Å². The van der Waals surface area contributed by atoms with E-state index in [-0.39, 0.29) is 23.2 Å². The van der Waals surface area contributed by atoms with Crippen molar-refractivity contribution >= 4 is 17.4 Å². The van der Waals surface area contributed by atoms with Crippen LogP contribution in [0.2, 0.25) is 0 Å². The number of hydrogen-bond acceptors (Lipinski definition) is 6. The highest BCUT2D eigenvalue weighted by molar-refractivity contribution is 6.07. The van der Waals surface area contributed by atoms with Gasteiger partial charge in [0.25, 0.3) is 5.91 Å². The first-order valence-electron chi connectivity index (χ1n) is 12.4. The van der Waals surface area contributed by atoms with E-state index in [2.05, 4.69) is 25.9 Å². The average molecular weight is 550 g/mol. The molecule has 7 nitrogen and oxygen atoms in total. The molecule has 0 radical (unpaired) electrons. The number of ether oxygens (including phenoxy) is 1. The first kappa shape index (κ1) is 28.2. The van der Waals surface area contributed by atoms with E-state index < -0.39 is 23.6 Å². The Kier molecular flexibility index (Phi) is 8.63. The van der Waals surface area contributed by atoms with Gasteiger partial charge >= 0.3 is 12.1 Å². The summed E-state index contributed by atoms with van der Waals surface area (Å²) in [5.41, 5.74) is -0.166. The van der Waals surface area contributed by atoms with Crippen molar-refractivity contribution in [2.75, 3.05) is 23.7 Å². The van der Waals surface area contributed by atoms with Crippen LogP contribution in [-0.2, 0) is 12.5 Å². The van der Waals surface area contributed by atoms with E-state index in [4.69, 9.17) is 4.74 Å². The van der Waals surface area contributed by atoms with E-state index in [9.17, 15) is 26.7 Å². The van der Waals surface area contributed by atoms with E-state index >= 15 is 0 Å². The van der Waals surface area contributed by atoms with E-state index in [1.165, 1.54) is 12.3 Å². The highest BCUT2D eigenvalue weighted by atomic mass is 19.4. The summed E-state index contributed by atoms with van der Waals surface area (Å²) in [4.78, 5) is 21.4. The van der Waals surface area contributed by atoms with Crippen molar-refractivity contribution in [1.29, 1.82) is 0 Å². The van der Waals surface area contributed by atoms with Gasteiger partial charge in [-0.2, -0.15) is 22.0 Å². The molecule has 39 heavy (non-hydrogen) atoms. The maximum atomic E-state index is 13.5. The van der Waals surface area contributed by atoms with Gasteiger partial charge in [-0.05, 0) is 74.7 Å². The topological polar surface area (TPSA) is 88.2 Å². The maximum absolute atomic E-state index is 13.5. The quantitative estimate of drug-likeness (QED) is 0.294. The number of hydrogen-bond donors (Lipinski definition) is 3. The Labute approximate surface area is 222 Å². The monoisotopic (exact) mass is 549 g/mol. The number of nitrogens with one attached hydrogen (secondary N) is 3. The molecule has 3 N–H and O–H groups in total. The lowest BCUT2D eigenvalue weighted by molar-refractivity contribution is -0.289. The summed E-state index contributed by atoms with van der Waals surface area (Å²) in [5.74, 6) is -4.41. The third kappa shape index (κ3) is 6.99. The predicted octanol–water partition coefficient (Wildman–Crippen LogP) is 5.76. The summed E-state index contributed by atoms with van der Waals surface area (Å²) >= 11 is 0. The van der Waals surface area contributed by atoms with Crippen LogP contribution in [-0.4, -0.2) is 41.2 Å². The van der Waals surface area contributed by atoms with Crippen LogP contribution in [0.1, 0.15) is 41.3 Å². The largest absolute Gasteiger partial charge is 0.474 e. The van der Waals surface area contributed by atoms with Gasteiger partial charge in [0, 0.05) is 36.3 Å². The molecule has 208 valence electrons. The van der Waals surface area contributed by atoms with Crippen molar-refractivity contribution in [3.05, 3.63) is 77.6 Å². The number of carbonyl (C=O) groups excluding carboxylic acids is 1. The second-order valence-corrected chi connectivity index (χ2v) is 9.27. The summed E-state index contributed by atoms with van der Waals surface area (Å²) in [7, 11) is 0. The number of pyridine rings is 2. The number of carbonyl (C=O) groups is 1. The smallest absolute Gasteiger partial charge is 0.458 e. The van der Waals surface area contributed by atoms with Gasteiger partial charge < -0.3 is 20.7 Å². The number of amides is 1. The molecule has 3 aromatic rings. The second-order valence-electron chi connectivity index (χ2n) is 9.27. The predicted molar refractivity (Wildman–Crippen MR) is 136 cm³/mol. The zero-order chi connectivity index (χ0) is 28.0. The van der Waals surface area contributed by atoms with Crippen LogP contribution in [0, 0.1) is 5.92 Å². The number of rotatable bonds is 9. The van der Waals surface area contributed by atoms with E-state index in [0.29, 0.717) is 30.5 Å². The molecule has 1 atom stereocenters. The minimum atomic E-state index is -5.72. The summed E-state index contributed by atoms with van der Waals surface area (Å²) < 4.78 is 70.9. The number of alkyl halides is 5. The van der Waals surface area contributed by atoms with Gasteiger partial charge in [0.1, 0.15) is 11.9 Å². The Balaban J connectivity index is 1.39. The van der Waals surface area contributed by atoms with Crippen LogP contribution in [0.25, 0.3) is 0 Å². The highest BCUT2D eigenvalue weighted by Gasteiger charge is 2.58. The van der Waals surface area contributed by atoms with Gasteiger partial charge in [0.05, 0.1) is 5.56 Å². The van der Waals surface area contributed by atoms with Gasteiger partial charge in [0.2, 0.25) is 5.88 Å². The number of aromatic nitrogens is 2. The zero-order valence-corrected chi connectivity index (χ0v) is 21.1. The molecule has 4 rings (SSSR count). The summed E-state index contributed by atoms with van der Waals surface area (Å²) in [6, 6.07) is 9.90. The van der Waals surface area contributed by atoms with Crippen molar-refractivity contribution in [3.63, 3.8) is 0 Å². The Hall–Kier alpha value is -3.80. The molecular weight excluding hydrogens is 521 g/mol. The number of piperidine rings is 1. The van der Waals surface area contributed by atoms with Crippen molar-refractivity contribution in [3.8, 4) is 5.88 Å². The van der Waals surface area contributed by atoms with Crippen LogP contribution < -0.4 is 20.7 Å². The number of halogens is 5. The molecule has 1 aliphatic rings. The maximum Gasteiger partial charge on any atom is 0.458 e. The van der Waals surface area contributed by atoms with Crippen LogP contribution >= 0.6 is 0 Å². The molecule has 1 saturated heterocycles. The van der Waals surface area contributed by atoms with Gasteiger partial charge in [-0.25, -0.2) is 9.97 Å².